The highest BCUT2D eigenvalue weighted by molar-refractivity contribution is 6.35. The lowest BCUT2D eigenvalue weighted by molar-refractivity contribution is 0.322. The third-order valence-electron chi connectivity index (χ3n) is 1.15. The minimum atomic E-state index is 0.507. The molecule has 0 heterocycles. The van der Waals surface area contributed by atoms with Crippen LogP contribution in [0, 0.1) is 0 Å². The van der Waals surface area contributed by atoms with Crippen LogP contribution in [0.25, 0.3) is 0 Å². The van der Waals surface area contributed by atoms with Crippen LogP contribution in [0.4, 0.5) is 0 Å². The van der Waals surface area contributed by atoms with Crippen LogP contribution in [-0.2, 0) is 0 Å². The summed E-state index contributed by atoms with van der Waals surface area (Å²) >= 11 is 11.4. The Bertz CT molecular complexity index is 286. The zero-order valence-corrected chi connectivity index (χ0v) is 6.97. The first-order valence-corrected chi connectivity index (χ1v) is 3.62. The van der Waals surface area contributed by atoms with Gasteiger partial charge < -0.3 is 5.21 Å². The van der Waals surface area contributed by atoms with Gasteiger partial charge in [0.1, 0.15) is 0 Å². The van der Waals surface area contributed by atoms with Crippen molar-refractivity contribution in [3.05, 3.63) is 33.8 Å². The van der Waals surface area contributed by atoms with E-state index >= 15 is 0 Å². The van der Waals surface area contributed by atoms with Gasteiger partial charge in [0.2, 0.25) is 0 Å². The fourth-order valence-corrected chi connectivity index (χ4v) is 1.02. The SMILES string of the molecule is O/N=C/c1cc(Cl)ccc1Cl. The molecule has 0 radical (unpaired) electrons. The molecule has 0 aliphatic carbocycles. The fourth-order valence-electron chi connectivity index (χ4n) is 0.676. The molecule has 11 heavy (non-hydrogen) atoms. The molecule has 0 saturated carbocycles. The number of halogens is 2. The summed E-state index contributed by atoms with van der Waals surface area (Å²) in [5.74, 6) is 0. The molecule has 0 aliphatic heterocycles. The predicted molar refractivity (Wildman–Crippen MR) is 45.8 cm³/mol. The smallest absolute Gasteiger partial charge is 0.0749 e. The van der Waals surface area contributed by atoms with Crippen molar-refractivity contribution in [2.75, 3.05) is 0 Å². The van der Waals surface area contributed by atoms with Crippen molar-refractivity contribution in [1.29, 1.82) is 0 Å². The molecule has 1 aromatic rings. The van der Waals surface area contributed by atoms with Gasteiger partial charge in [-0.15, -0.1) is 0 Å². The minimum Gasteiger partial charge on any atom is -0.411 e. The molecule has 0 saturated heterocycles. The van der Waals surface area contributed by atoms with Crippen LogP contribution in [0.15, 0.2) is 23.4 Å². The Morgan fingerprint density at radius 1 is 1.36 bits per heavy atom. The van der Waals surface area contributed by atoms with Crippen LogP contribution < -0.4 is 0 Å². The van der Waals surface area contributed by atoms with Crippen LogP contribution in [-0.4, -0.2) is 11.4 Å². The van der Waals surface area contributed by atoms with Gasteiger partial charge >= 0.3 is 0 Å². The molecule has 0 spiro atoms. The zero-order valence-electron chi connectivity index (χ0n) is 5.46. The Morgan fingerprint density at radius 3 is 2.73 bits per heavy atom. The van der Waals surface area contributed by atoms with Crippen molar-refractivity contribution < 1.29 is 5.21 Å². The lowest BCUT2D eigenvalue weighted by Gasteiger charge is -1.95. The maximum absolute atomic E-state index is 8.20. The van der Waals surface area contributed by atoms with Crippen LogP contribution in [0.1, 0.15) is 5.56 Å². The van der Waals surface area contributed by atoms with Crippen molar-refractivity contribution in [2.24, 2.45) is 5.16 Å². The Kier molecular flexibility index (Phi) is 2.74. The quantitative estimate of drug-likeness (QED) is 0.412. The maximum atomic E-state index is 8.20. The normalized spacial score (nSPS) is 10.7. The molecule has 0 aliphatic rings. The largest absolute Gasteiger partial charge is 0.411 e. The summed E-state index contributed by atoms with van der Waals surface area (Å²) in [6.07, 6.45) is 1.23. The summed E-state index contributed by atoms with van der Waals surface area (Å²) in [6.45, 7) is 0. The molecule has 0 atom stereocenters. The molecule has 58 valence electrons. The van der Waals surface area contributed by atoms with Gasteiger partial charge in [-0.1, -0.05) is 28.4 Å². The van der Waals surface area contributed by atoms with E-state index in [9.17, 15) is 0 Å². The summed E-state index contributed by atoms with van der Waals surface area (Å²) in [4.78, 5) is 0. The lowest BCUT2D eigenvalue weighted by Crippen LogP contribution is -1.81. The fraction of sp³-hybridized carbons (Fsp3) is 0. The second-order valence-corrected chi connectivity index (χ2v) is 2.75. The van der Waals surface area contributed by atoms with Gasteiger partial charge in [-0.3, -0.25) is 0 Å². The van der Waals surface area contributed by atoms with Crippen LogP contribution in [0.3, 0.4) is 0 Å². The van der Waals surface area contributed by atoms with Crippen molar-refractivity contribution in [2.45, 2.75) is 0 Å². The average molecular weight is 190 g/mol. The Hall–Kier alpha value is -0.730. The van der Waals surface area contributed by atoms with E-state index in [0.29, 0.717) is 15.6 Å². The van der Waals surface area contributed by atoms with Crippen molar-refractivity contribution in [1.82, 2.24) is 0 Å². The van der Waals surface area contributed by atoms with Crippen molar-refractivity contribution in [3.8, 4) is 0 Å². The molecule has 0 aromatic heterocycles. The van der Waals surface area contributed by atoms with E-state index in [1.165, 1.54) is 6.21 Å². The standard InChI is InChI=1S/C7H5Cl2NO/c8-6-1-2-7(9)5(3-6)4-10-11/h1-4,11H/b10-4+. The van der Waals surface area contributed by atoms with Crippen LogP contribution in [0.5, 0.6) is 0 Å². The van der Waals surface area contributed by atoms with E-state index < -0.39 is 0 Å². The molecule has 0 fully saturated rings. The number of oxime groups is 1. The average Bonchev–Trinajstić information content (AvgIpc) is 1.98. The second kappa shape index (κ2) is 3.60. The van der Waals surface area contributed by atoms with E-state index in [4.69, 9.17) is 28.4 Å². The number of rotatable bonds is 1. The topological polar surface area (TPSA) is 32.6 Å². The van der Waals surface area contributed by atoms with Gasteiger partial charge in [0.15, 0.2) is 0 Å². The summed E-state index contributed by atoms with van der Waals surface area (Å²) in [6, 6.07) is 4.92. The van der Waals surface area contributed by atoms with E-state index in [2.05, 4.69) is 5.16 Å². The first-order valence-electron chi connectivity index (χ1n) is 2.86. The van der Waals surface area contributed by atoms with Gasteiger partial charge in [0.05, 0.1) is 6.21 Å². The molecule has 1 rings (SSSR count). The highest BCUT2D eigenvalue weighted by Crippen LogP contribution is 2.18. The maximum Gasteiger partial charge on any atom is 0.0749 e. The number of nitrogens with zero attached hydrogens (tertiary/aromatic N) is 1. The second-order valence-electron chi connectivity index (χ2n) is 1.91. The van der Waals surface area contributed by atoms with Gasteiger partial charge in [-0.25, -0.2) is 0 Å². The minimum absolute atomic E-state index is 0.507. The van der Waals surface area contributed by atoms with Gasteiger partial charge in [-0.05, 0) is 18.2 Å². The van der Waals surface area contributed by atoms with Crippen molar-refractivity contribution in [3.63, 3.8) is 0 Å². The van der Waals surface area contributed by atoms with Gasteiger partial charge in [0, 0.05) is 15.6 Å². The number of benzene rings is 1. The van der Waals surface area contributed by atoms with E-state index in [-0.39, 0.29) is 0 Å². The molecule has 0 amide bonds. The number of hydrogen-bond donors (Lipinski definition) is 1. The predicted octanol–water partition coefficient (Wildman–Crippen LogP) is 2.80. The summed E-state index contributed by atoms with van der Waals surface area (Å²) in [5.41, 5.74) is 0.599. The molecule has 0 unspecified atom stereocenters. The highest BCUT2D eigenvalue weighted by atomic mass is 35.5. The highest BCUT2D eigenvalue weighted by Gasteiger charge is 1.97. The first-order chi connectivity index (χ1) is 5.24. The molecule has 1 aromatic carbocycles. The van der Waals surface area contributed by atoms with Crippen LogP contribution >= 0.6 is 23.2 Å². The summed E-state index contributed by atoms with van der Waals surface area (Å²) in [7, 11) is 0. The number of hydrogen-bond acceptors (Lipinski definition) is 2. The molecule has 1 N–H and O–H groups in total. The van der Waals surface area contributed by atoms with Gasteiger partial charge in [-0.2, -0.15) is 0 Å². The monoisotopic (exact) mass is 189 g/mol. The Labute approximate surface area is 74.0 Å². The molecule has 4 heteroatoms. The Morgan fingerprint density at radius 2 is 2.09 bits per heavy atom. The summed E-state index contributed by atoms with van der Waals surface area (Å²) in [5, 5.41) is 12.1. The van der Waals surface area contributed by atoms with E-state index in [1.807, 2.05) is 0 Å². The molecule has 0 bridgehead atoms. The first kappa shape index (κ1) is 8.37. The lowest BCUT2D eigenvalue weighted by atomic mass is 10.2. The van der Waals surface area contributed by atoms with Gasteiger partial charge in [0.25, 0.3) is 0 Å². The zero-order chi connectivity index (χ0) is 8.27. The third-order valence-corrected chi connectivity index (χ3v) is 1.73. The van der Waals surface area contributed by atoms with Crippen molar-refractivity contribution >= 4 is 29.4 Å². The third kappa shape index (κ3) is 2.10. The molecule has 2 nitrogen and oxygen atoms in total. The van der Waals surface area contributed by atoms with E-state index in [0.717, 1.165) is 0 Å². The van der Waals surface area contributed by atoms with Crippen LogP contribution in [0.2, 0.25) is 10.0 Å². The summed E-state index contributed by atoms with van der Waals surface area (Å²) < 4.78 is 0. The Balaban J connectivity index is 3.12. The van der Waals surface area contributed by atoms with E-state index in [1.54, 1.807) is 18.2 Å². The molecular formula is C7H5Cl2NO. The molecular weight excluding hydrogens is 185 g/mol.